The van der Waals surface area contributed by atoms with Gasteiger partial charge >= 0.3 is 0 Å². The van der Waals surface area contributed by atoms with Gasteiger partial charge in [-0.05, 0) is 44.2 Å². The molecule has 22 heavy (non-hydrogen) atoms. The first kappa shape index (κ1) is 13.5. The Kier molecular flexibility index (Phi) is 3.21. The Bertz CT molecular complexity index is 668. The molecule has 0 saturated carbocycles. The minimum absolute atomic E-state index is 0.192. The second-order valence-electron chi connectivity index (χ2n) is 6.39. The summed E-state index contributed by atoms with van der Waals surface area (Å²) in [7, 11) is 0. The number of fused-ring (bicyclic) bond motifs is 2. The zero-order valence-corrected chi connectivity index (χ0v) is 12.7. The van der Waals surface area contributed by atoms with Crippen molar-refractivity contribution in [1.29, 1.82) is 0 Å². The number of aryl methyl sites for hydroxylation is 1. The van der Waals surface area contributed by atoms with E-state index in [1.807, 2.05) is 36.0 Å². The average molecular weight is 296 g/mol. The number of hydrogen-bond donors (Lipinski definition) is 0. The average Bonchev–Trinajstić information content (AvgIpc) is 3.14. The molecule has 2 saturated heterocycles. The Morgan fingerprint density at radius 1 is 1.05 bits per heavy atom. The maximum atomic E-state index is 13.0. The maximum absolute atomic E-state index is 13.0. The van der Waals surface area contributed by atoms with E-state index in [0.29, 0.717) is 18.1 Å². The normalized spacial score (nSPS) is 27.1. The number of piperidine rings is 1. The van der Waals surface area contributed by atoms with E-state index in [2.05, 4.69) is 15.1 Å². The third kappa shape index (κ3) is 2.12. The predicted molar refractivity (Wildman–Crippen MR) is 82.5 cm³/mol. The Balaban J connectivity index is 1.58. The lowest BCUT2D eigenvalue weighted by molar-refractivity contribution is 0.0511. The Morgan fingerprint density at radius 3 is 2.32 bits per heavy atom. The molecule has 5 heteroatoms. The van der Waals surface area contributed by atoms with Crippen LogP contribution in [0.3, 0.4) is 0 Å². The van der Waals surface area contributed by atoms with Crippen LogP contribution in [-0.4, -0.2) is 37.9 Å². The molecule has 2 bridgehead atoms. The highest BCUT2D eigenvalue weighted by atomic mass is 16.2. The number of amides is 1. The molecular weight excluding hydrogens is 276 g/mol. The first-order valence-corrected chi connectivity index (χ1v) is 7.98. The molecule has 2 fully saturated rings. The van der Waals surface area contributed by atoms with E-state index in [0.717, 1.165) is 36.8 Å². The van der Waals surface area contributed by atoms with Gasteiger partial charge in [-0.25, -0.2) is 0 Å². The Labute approximate surface area is 129 Å². The van der Waals surface area contributed by atoms with Crippen LogP contribution in [0.25, 0.3) is 0 Å². The molecule has 0 spiro atoms. The van der Waals surface area contributed by atoms with Gasteiger partial charge in [0.05, 0.1) is 18.4 Å². The van der Waals surface area contributed by atoms with Gasteiger partial charge in [0.1, 0.15) is 0 Å². The summed E-state index contributed by atoms with van der Waals surface area (Å²) in [5.41, 5.74) is 1.90. The van der Waals surface area contributed by atoms with Gasteiger partial charge in [0.15, 0.2) is 0 Å². The summed E-state index contributed by atoms with van der Waals surface area (Å²) in [5, 5.41) is 8.56. The molecule has 2 aliphatic rings. The molecule has 2 aliphatic heterocycles. The topological polar surface area (TPSA) is 51.0 Å². The van der Waals surface area contributed by atoms with Gasteiger partial charge < -0.3 is 4.90 Å². The van der Waals surface area contributed by atoms with Crippen LogP contribution in [0.4, 0.5) is 0 Å². The Hall–Kier alpha value is -2.17. The fourth-order valence-corrected chi connectivity index (χ4v) is 4.04. The van der Waals surface area contributed by atoms with Crippen molar-refractivity contribution in [1.82, 2.24) is 19.9 Å². The number of benzene rings is 1. The standard InChI is InChI=1S/C17H20N4O/c1-12-4-2-3-5-16(12)17(22)20-13-6-7-14(20)11-15(10-13)21-18-8-9-19-21/h2-5,8-9,13-15H,6-7,10-11H2,1H3. The molecule has 114 valence electrons. The van der Waals surface area contributed by atoms with Crippen molar-refractivity contribution in [3.8, 4) is 0 Å². The highest BCUT2D eigenvalue weighted by Gasteiger charge is 2.44. The smallest absolute Gasteiger partial charge is 0.254 e. The number of carbonyl (C=O) groups is 1. The monoisotopic (exact) mass is 296 g/mol. The molecule has 1 aromatic carbocycles. The summed E-state index contributed by atoms with van der Waals surface area (Å²) in [6, 6.07) is 8.85. The summed E-state index contributed by atoms with van der Waals surface area (Å²) in [4.78, 5) is 16.9. The first-order valence-electron chi connectivity index (χ1n) is 7.98. The SMILES string of the molecule is Cc1ccccc1C(=O)N1C2CCC1CC(n1nccn1)C2. The van der Waals surface area contributed by atoms with Crippen LogP contribution in [0.2, 0.25) is 0 Å². The third-order valence-corrected chi connectivity index (χ3v) is 5.08. The van der Waals surface area contributed by atoms with Crippen LogP contribution < -0.4 is 0 Å². The molecule has 2 unspecified atom stereocenters. The molecule has 5 nitrogen and oxygen atoms in total. The number of carbonyl (C=O) groups excluding carboxylic acids is 1. The molecule has 1 amide bonds. The molecule has 0 aliphatic carbocycles. The summed E-state index contributed by atoms with van der Waals surface area (Å²) < 4.78 is 0. The zero-order valence-electron chi connectivity index (χ0n) is 12.7. The Morgan fingerprint density at radius 2 is 1.68 bits per heavy atom. The van der Waals surface area contributed by atoms with Crippen LogP contribution in [0, 0.1) is 6.92 Å². The van der Waals surface area contributed by atoms with Crippen molar-refractivity contribution in [2.24, 2.45) is 0 Å². The molecule has 2 aromatic rings. The molecule has 3 heterocycles. The quantitative estimate of drug-likeness (QED) is 0.856. The van der Waals surface area contributed by atoms with Gasteiger partial charge in [-0.1, -0.05) is 18.2 Å². The maximum Gasteiger partial charge on any atom is 0.254 e. The molecule has 0 radical (unpaired) electrons. The summed E-state index contributed by atoms with van der Waals surface area (Å²) >= 11 is 0. The van der Waals surface area contributed by atoms with Crippen LogP contribution >= 0.6 is 0 Å². The van der Waals surface area contributed by atoms with Crippen LogP contribution in [-0.2, 0) is 0 Å². The highest BCUT2D eigenvalue weighted by molar-refractivity contribution is 5.96. The van der Waals surface area contributed by atoms with E-state index < -0.39 is 0 Å². The van der Waals surface area contributed by atoms with Gasteiger partial charge in [0.2, 0.25) is 0 Å². The van der Waals surface area contributed by atoms with Gasteiger partial charge in [-0.2, -0.15) is 15.0 Å². The molecular formula is C17H20N4O. The fourth-order valence-electron chi connectivity index (χ4n) is 4.04. The zero-order chi connectivity index (χ0) is 15.1. The summed E-state index contributed by atoms with van der Waals surface area (Å²) in [6.07, 6.45) is 7.57. The largest absolute Gasteiger partial charge is 0.333 e. The van der Waals surface area contributed by atoms with Crippen LogP contribution in [0.15, 0.2) is 36.7 Å². The van der Waals surface area contributed by atoms with Gasteiger partial charge in [0, 0.05) is 17.6 Å². The van der Waals surface area contributed by atoms with Crippen molar-refractivity contribution in [2.75, 3.05) is 0 Å². The number of rotatable bonds is 2. The lowest BCUT2D eigenvalue weighted by Crippen LogP contribution is -2.47. The third-order valence-electron chi connectivity index (χ3n) is 5.08. The number of nitrogens with zero attached hydrogens (tertiary/aromatic N) is 4. The minimum Gasteiger partial charge on any atom is -0.333 e. The van der Waals surface area contributed by atoms with Crippen molar-refractivity contribution >= 4 is 5.91 Å². The number of hydrogen-bond acceptors (Lipinski definition) is 3. The summed E-state index contributed by atoms with van der Waals surface area (Å²) in [6.45, 7) is 2.01. The second-order valence-corrected chi connectivity index (χ2v) is 6.39. The van der Waals surface area contributed by atoms with Gasteiger partial charge in [-0.3, -0.25) is 4.79 Å². The first-order chi connectivity index (χ1) is 10.7. The summed E-state index contributed by atoms with van der Waals surface area (Å²) in [5.74, 6) is 0.192. The minimum atomic E-state index is 0.192. The lowest BCUT2D eigenvalue weighted by atomic mass is 9.96. The van der Waals surface area contributed by atoms with Gasteiger partial charge in [0.25, 0.3) is 5.91 Å². The van der Waals surface area contributed by atoms with Crippen LogP contribution in [0.5, 0.6) is 0 Å². The van der Waals surface area contributed by atoms with E-state index in [9.17, 15) is 4.79 Å². The van der Waals surface area contributed by atoms with E-state index in [4.69, 9.17) is 0 Å². The fraction of sp³-hybridized carbons (Fsp3) is 0.471. The predicted octanol–water partition coefficient (Wildman–Crippen LogP) is 2.59. The molecule has 1 aromatic heterocycles. The van der Waals surface area contributed by atoms with E-state index in [1.54, 1.807) is 12.4 Å². The van der Waals surface area contributed by atoms with E-state index >= 15 is 0 Å². The van der Waals surface area contributed by atoms with Crippen molar-refractivity contribution in [3.63, 3.8) is 0 Å². The van der Waals surface area contributed by atoms with Crippen molar-refractivity contribution in [2.45, 2.75) is 50.7 Å². The second kappa shape index (κ2) is 5.23. The van der Waals surface area contributed by atoms with E-state index in [-0.39, 0.29) is 5.91 Å². The lowest BCUT2D eigenvalue weighted by Gasteiger charge is -2.38. The van der Waals surface area contributed by atoms with Gasteiger partial charge in [-0.15, -0.1) is 0 Å². The van der Waals surface area contributed by atoms with E-state index in [1.165, 1.54) is 0 Å². The molecule has 4 rings (SSSR count). The number of aromatic nitrogens is 3. The molecule has 0 N–H and O–H groups in total. The van der Waals surface area contributed by atoms with Crippen LogP contribution in [0.1, 0.15) is 47.6 Å². The van der Waals surface area contributed by atoms with Crippen molar-refractivity contribution in [3.05, 3.63) is 47.8 Å². The molecule has 2 atom stereocenters. The highest BCUT2D eigenvalue weighted by Crippen LogP contribution is 2.41. The van der Waals surface area contributed by atoms with Crippen molar-refractivity contribution < 1.29 is 4.79 Å².